The van der Waals surface area contributed by atoms with Gasteiger partial charge in [-0.1, -0.05) is 12.2 Å². The van der Waals surface area contributed by atoms with E-state index >= 15 is 0 Å². The summed E-state index contributed by atoms with van der Waals surface area (Å²) in [6.45, 7) is 1.25. The minimum absolute atomic E-state index is 0.0241. The number of nitrogens with two attached hydrogens (primary N) is 1. The van der Waals surface area contributed by atoms with Gasteiger partial charge in [-0.15, -0.1) is 0 Å². The van der Waals surface area contributed by atoms with Gasteiger partial charge in [-0.2, -0.15) is 0 Å². The summed E-state index contributed by atoms with van der Waals surface area (Å²) in [5, 5.41) is 8.90. The molecule has 0 aromatic heterocycles. The number of halogens is 2. The van der Waals surface area contributed by atoms with Gasteiger partial charge in [0.15, 0.2) is 0 Å². The Morgan fingerprint density at radius 1 is 1.42 bits per heavy atom. The molecular formula is C13H16F2N2OS. The van der Waals surface area contributed by atoms with E-state index in [-0.39, 0.29) is 28.8 Å². The highest BCUT2D eigenvalue weighted by molar-refractivity contribution is 7.80. The van der Waals surface area contributed by atoms with Gasteiger partial charge in [0.2, 0.25) is 0 Å². The van der Waals surface area contributed by atoms with Crippen LogP contribution in [0.25, 0.3) is 0 Å². The van der Waals surface area contributed by atoms with Gasteiger partial charge in [0.1, 0.15) is 22.3 Å². The van der Waals surface area contributed by atoms with Crippen LogP contribution in [-0.2, 0) is 0 Å². The Kier molecular flexibility index (Phi) is 4.31. The molecule has 0 aliphatic carbocycles. The van der Waals surface area contributed by atoms with Gasteiger partial charge in [-0.3, -0.25) is 0 Å². The highest BCUT2D eigenvalue weighted by Gasteiger charge is 2.26. The molecule has 19 heavy (non-hydrogen) atoms. The molecule has 2 rings (SSSR count). The first kappa shape index (κ1) is 14.1. The third kappa shape index (κ3) is 3.01. The number of anilines is 1. The average molecular weight is 286 g/mol. The van der Waals surface area contributed by atoms with Crippen LogP contribution >= 0.6 is 12.2 Å². The predicted octanol–water partition coefficient (Wildman–Crippen LogP) is 1.81. The van der Waals surface area contributed by atoms with E-state index in [2.05, 4.69) is 0 Å². The van der Waals surface area contributed by atoms with E-state index in [0.717, 1.165) is 6.42 Å². The lowest BCUT2D eigenvalue weighted by Gasteiger charge is -2.20. The molecule has 1 aromatic carbocycles. The lowest BCUT2D eigenvalue weighted by Crippen LogP contribution is -2.23. The van der Waals surface area contributed by atoms with Gasteiger partial charge in [0.05, 0.1) is 0 Å². The van der Waals surface area contributed by atoms with E-state index < -0.39 is 11.6 Å². The van der Waals surface area contributed by atoms with Gasteiger partial charge in [0, 0.05) is 25.3 Å². The van der Waals surface area contributed by atoms with E-state index in [1.807, 2.05) is 0 Å². The third-order valence-electron chi connectivity index (χ3n) is 3.44. The number of hydrogen-bond acceptors (Lipinski definition) is 3. The lowest BCUT2D eigenvalue weighted by molar-refractivity contribution is 0.263. The van der Waals surface area contributed by atoms with Crippen molar-refractivity contribution in [1.82, 2.24) is 0 Å². The molecule has 1 aromatic rings. The molecule has 0 bridgehead atoms. The van der Waals surface area contributed by atoms with E-state index in [4.69, 9.17) is 23.1 Å². The summed E-state index contributed by atoms with van der Waals surface area (Å²) in [6.07, 6.45) is 1.49. The molecule has 104 valence electrons. The Hall–Kier alpha value is -1.27. The Balaban J connectivity index is 2.24. The van der Waals surface area contributed by atoms with Crippen molar-refractivity contribution in [2.45, 2.75) is 12.8 Å². The van der Waals surface area contributed by atoms with Crippen molar-refractivity contribution in [2.24, 2.45) is 11.7 Å². The standard InChI is InChI=1S/C13H16F2N2OS/c14-10-5-9(13(16)19)6-11(15)12(10)17-3-1-8(7-17)2-4-18/h5-6,8,18H,1-4,7H2,(H2,16,19). The Morgan fingerprint density at radius 3 is 2.58 bits per heavy atom. The Labute approximate surface area is 116 Å². The summed E-state index contributed by atoms with van der Waals surface area (Å²) in [4.78, 5) is 1.65. The first-order valence-electron chi connectivity index (χ1n) is 6.17. The molecule has 0 amide bonds. The number of rotatable bonds is 4. The van der Waals surface area contributed by atoms with Gasteiger partial charge >= 0.3 is 0 Å². The van der Waals surface area contributed by atoms with Crippen molar-refractivity contribution in [3.8, 4) is 0 Å². The second kappa shape index (κ2) is 5.79. The molecule has 1 aliphatic heterocycles. The summed E-state index contributed by atoms with van der Waals surface area (Å²) < 4.78 is 28.0. The second-order valence-electron chi connectivity index (χ2n) is 4.77. The van der Waals surface area contributed by atoms with Gasteiger partial charge < -0.3 is 15.7 Å². The average Bonchev–Trinajstić information content (AvgIpc) is 2.77. The van der Waals surface area contributed by atoms with Crippen LogP contribution in [0.2, 0.25) is 0 Å². The molecule has 1 heterocycles. The number of aliphatic hydroxyl groups excluding tert-OH is 1. The fourth-order valence-electron chi connectivity index (χ4n) is 2.46. The first-order chi connectivity index (χ1) is 9.02. The fraction of sp³-hybridized carbons (Fsp3) is 0.462. The zero-order valence-corrected chi connectivity index (χ0v) is 11.2. The summed E-state index contributed by atoms with van der Waals surface area (Å²) in [7, 11) is 0. The smallest absolute Gasteiger partial charge is 0.150 e. The van der Waals surface area contributed by atoms with Crippen LogP contribution in [0.15, 0.2) is 12.1 Å². The van der Waals surface area contributed by atoms with Gasteiger partial charge in [-0.05, 0) is 30.9 Å². The molecule has 3 nitrogen and oxygen atoms in total. The number of aliphatic hydroxyl groups is 1. The molecular weight excluding hydrogens is 270 g/mol. The molecule has 3 N–H and O–H groups in total. The van der Waals surface area contributed by atoms with Crippen LogP contribution in [0.3, 0.4) is 0 Å². The van der Waals surface area contributed by atoms with Crippen molar-refractivity contribution in [3.63, 3.8) is 0 Å². The van der Waals surface area contributed by atoms with Crippen LogP contribution in [0.1, 0.15) is 18.4 Å². The molecule has 1 aliphatic rings. The number of thiocarbonyl (C=S) groups is 1. The lowest BCUT2D eigenvalue weighted by atomic mass is 10.1. The molecule has 1 saturated heterocycles. The van der Waals surface area contributed by atoms with E-state index in [0.29, 0.717) is 19.5 Å². The van der Waals surface area contributed by atoms with E-state index in [1.165, 1.54) is 12.1 Å². The fourth-order valence-corrected chi connectivity index (χ4v) is 2.58. The van der Waals surface area contributed by atoms with Crippen molar-refractivity contribution in [1.29, 1.82) is 0 Å². The van der Waals surface area contributed by atoms with Crippen LogP contribution in [0.4, 0.5) is 14.5 Å². The van der Waals surface area contributed by atoms with Crippen LogP contribution in [-0.4, -0.2) is 29.8 Å². The Bertz CT molecular complexity index is 473. The molecule has 0 spiro atoms. The molecule has 1 atom stereocenters. The molecule has 0 radical (unpaired) electrons. The maximum absolute atomic E-state index is 14.0. The number of benzene rings is 1. The van der Waals surface area contributed by atoms with Crippen molar-refractivity contribution < 1.29 is 13.9 Å². The highest BCUT2D eigenvalue weighted by Crippen LogP contribution is 2.30. The van der Waals surface area contributed by atoms with Crippen LogP contribution in [0.5, 0.6) is 0 Å². The van der Waals surface area contributed by atoms with Crippen molar-refractivity contribution in [2.75, 3.05) is 24.6 Å². The molecule has 1 unspecified atom stereocenters. The van der Waals surface area contributed by atoms with Gasteiger partial charge in [-0.25, -0.2) is 8.78 Å². The topological polar surface area (TPSA) is 49.5 Å². The Morgan fingerprint density at radius 2 is 2.05 bits per heavy atom. The zero-order valence-electron chi connectivity index (χ0n) is 10.4. The van der Waals surface area contributed by atoms with Crippen LogP contribution in [0, 0.1) is 17.6 Å². The minimum atomic E-state index is -0.646. The van der Waals surface area contributed by atoms with E-state index in [9.17, 15) is 8.78 Å². The first-order valence-corrected chi connectivity index (χ1v) is 6.58. The maximum Gasteiger partial charge on any atom is 0.150 e. The predicted molar refractivity (Wildman–Crippen MR) is 74.3 cm³/mol. The van der Waals surface area contributed by atoms with E-state index in [1.54, 1.807) is 4.90 Å². The van der Waals surface area contributed by atoms with Crippen molar-refractivity contribution in [3.05, 3.63) is 29.3 Å². The normalized spacial score (nSPS) is 18.9. The summed E-state index contributed by atoms with van der Waals surface area (Å²) in [6, 6.07) is 2.33. The maximum atomic E-state index is 14.0. The second-order valence-corrected chi connectivity index (χ2v) is 5.21. The highest BCUT2D eigenvalue weighted by atomic mass is 32.1. The number of nitrogens with zero attached hydrogens (tertiary/aromatic N) is 1. The van der Waals surface area contributed by atoms with Crippen molar-refractivity contribution >= 4 is 22.9 Å². The quantitative estimate of drug-likeness (QED) is 0.829. The SMILES string of the molecule is NC(=S)c1cc(F)c(N2CCC(CCO)C2)c(F)c1. The molecule has 6 heteroatoms. The monoisotopic (exact) mass is 286 g/mol. The number of hydrogen-bond donors (Lipinski definition) is 2. The summed E-state index contributed by atoms with van der Waals surface area (Å²) in [5.41, 5.74) is 5.54. The third-order valence-corrected chi connectivity index (χ3v) is 3.68. The molecule has 1 fully saturated rings. The summed E-state index contributed by atoms with van der Waals surface area (Å²) >= 11 is 4.72. The van der Waals surface area contributed by atoms with Gasteiger partial charge in [0.25, 0.3) is 0 Å². The zero-order chi connectivity index (χ0) is 14.0. The minimum Gasteiger partial charge on any atom is -0.396 e. The molecule has 0 saturated carbocycles. The largest absolute Gasteiger partial charge is 0.396 e. The summed E-state index contributed by atoms with van der Waals surface area (Å²) in [5.74, 6) is -1.01. The van der Waals surface area contributed by atoms with Crippen LogP contribution < -0.4 is 10.6 Å².